The first-order valence-electron chi connectivity index (χ1n) is 32.2. The van der Waals surface area contributed by atoms with Crippen molar-refractivity contribution < 1.29 is 38.7 Å². The Hall–Kier alpha value is -9.37. The van der Waals surface area contributed by atoms with Gasteiger partial charge in [-0.25, -0.2) is 14.6 Å². The SMILES string of the molecule is CCCCCC[C@H](CC(=O)[C@@H](NC(=O)[C@H](CCCNC(N)=NC)CC(=O)CNC(=O)CCC(=O)Cc1ccc2[nH]c(=O)n(C3CCN(Cc4ccc(-c5nc6cc[nH]c(=O)c6cc5-c5ccccc5)cc4)CC3)c2c1)C(C)C)C(=O)N[C@@H](Cc1ccccc1)C(=O)O. The number of hydrogen-bond donors (Lipinski definition) is 8. The predicted octanol–water partition coefficient (Wildman–Crippen LogP) is 8.13. The maximum absolute atomic E-state index is 14.2. The topological polar surface area (TPSA) is 313 Å². The molecular formula is C71H87N11O10. The number of H-pyrrole nitrogens is 2. The van der Waals surface area contributed by atoms with Gasteiger partial charge in [0.25, 0.3) is 5.56 Å². The van der Waals surface area contributed by atoms with E-state index in [9.17, 15) is 48.3 Å². The second-order valence-electron chi connectivity index (χ2n) is 24.5. The van der Waals surface area contributed by atoms with E-state index in [-0.39, 0.29) is 74.0 Å². The number of fused-ring (bicyclic) bond motifs is 2. The molecular weight excluding hydrogens is 1170 g/mol. The van der Waals surface area contributed by atoms with Gasteiger partial charge in [-0.2, -0.15) is 0 Å². The molecule has 0 unspecified atom stereocenters. The number of carboxylic acids is 1. The lowest BCUT2D eigenvalue weighted by Gasteiger charge is -2.32. The highest BCUT2D eigenvalue weighted by atomic mass is 16.4. The molecule has 4 aromatic carbocycles. The summed E-state index contributed by atoms with van der Waals surface area (Å²) in [5.41, 5.74) is 13.5. The molecule has 21 nitrogen and oxygen atoms in total. The minimum Gasteiger partial charge on any atom is -0.480 e. The first-order valence-corrected chi connectivity index (χ1v) is 32.2. The number of piperidine rings is 1. The quantitative estimate of drug-likeness (QED) is 0.0107. The summed E-state index contributed by atoms with van der Waals surface area (Å²) in [4.78, 5) is 138. The average molecular weight is 1250 g/mol. The molecule has 4 heterocycles. The number of aromatic amines is 2. The van der Waals surface area contributed by atoms with E-state index in [0.29, 0.717) is 53.3 Å². The van der Waals surface area contributed by atoms with Gasteiger partial charge in [0.1, 0.15) is 11.8 Å². The minimum absolute atomic E-state index is 0.0249. The van der Waals surface area contributed by atoms with Crippen molar-refractivity contribution in [3.05, 3.63) is 159 Å². The van der Waals surface area contributed by atoms with E-state index in [1.807, 2.05) is 54.6 Å². The number of imidazole rings is 1. The zero-order valence-electron chi connectivity index (χ0n) is 53.1. The number of amides is 3. The van der Waals surface area contributed by atoms with Gasteiger partial charge in [0, 0.05) is 107 Å². The third-order valence-corrected chi connectivity index (χ3v) is 17.2. The number of guanidine groups is 1. The van der Waals surface area contributed by atoms with E-state index >= 15 is 0 Å². The van der Waals surface area contributed by atoms with Crippen molar-refractivity contribution in [2.75, 3.05) is 33.2 Å². The third-order valence-electron chi connectivity index (χ3n) is 17.2. The summed E-state index contributed by atoms with van der Waals surface area (Å²) in [6, 6.07) is 34.0. The molecule has 1 fully saturated rings. The molecule has 4 atom stereocenters. The van der Waals surface area contributed by atoms with Crippen LogP contribution in [0.2, 0.25) is 0 Å². The van der Waals surface area contributed by atoms with Crippen LogP contribution in [-0.4, -0.2) is 122 Å². The van der Waals surface area contributed by atoms with E-state index in [0.717, 1.165) is 85.2 Å². The van der Waals surface area contributed by atoms with Crippen LogP contribution in [0.25, 0.3) is 44.3 Å². The summed E-state index contributed by atoms with van der Waals surface area (Å²) < 4.78 is 1.79. The molecule has 3 aromatic heterocycles. The van der Waals surface area contributed by atoms with Gasteiger partial charge in [0.2, 0.25) is 17.7 Å². The molecule has 1 aliphatic rings. The number of aliphatic carboxylic acids is 1. The lowest BCUT2D eigenvalue weighted by atomic mass is 9.87. The summed E-state index contributed by atoms with van der Waals surface area (Å²) in [6.07, 6.45) is 6.67. The van der Waals surface area contributed by atoms with E-state index < -0.39 is 71.6 Å². The zero-order valence-corrected chi connectivity index (χ0v) is 53.1. The number of Topliss-reactive ketones (excluding diaryl/α,β-unsaturated/α-hetero) is 3. The standard InChI is InChI=1S/C71H87N11O10/c1-5-6-7-12-20-52(66(87)78-60(69(90)91)38-46-16-10-8-11-17-46)41-62(85)64(45(2)3)80-67(88)51(21-15-33-75-70(72)73-4)40-55(84)43-76-63(86)29-27-54(83)37-48-24-28-59-61(39-48)82(71(92)79-59)53-31-35-81(36-32-53)44-47-22-25-50(26-23-47)65-56(49-18-13-9-14-19-49)42-57-58(77-65)30-34-74-68(57)89/h8-11,13-14,16-19,22-26,28,30,34,39,42,45,51-53,60,64H,5-7,12,15,20-21,27,29,31-33,35-38,40-41,43-44H2,1-4H3,(H,74,89)(H,76,86)(H,78,87)(H,79,92)(H,80,88)(H,90,91)(H3,72,73,75)/t51-,52-,60+,64+/m1/s1. The molecule has 9 N–H and O–H groups in total. The monoisotopic (exact) mass is 1250 g/mol. The average Bonchev–Trinajstić information content (AvgIpc) is 1.47. The number of carboxylic acid groups (broad SMARTS) is 1. The van der Waals surface area contributed by atoms with Crippen LogP contribution in [0.5, 0.6) is 0 Å². The normalized spacial score (nSPS) is 14.3. The Morgan fingerprint density at radius 2 is 1.42 bits per heavy atom. The van der Waals surface area contributed by atoms with Crippen LogP contribution < -0.4 is 38.2 Å². The highest BCUT2D eigenvalue weighted by Gasteiger charge is 2.34. The van der Waals surface area contributed by atoms with Crippen LogP contribution in [0, 0.1) is 17.8 Å². The van der Waals surface area contributed by atoms with Crippen molar-refractivity contribution in [3.63, 3.8) is 0 Å². The number of ketones is 3. The summed E-state index contributed by atoms with van der Waals surface area (Å²) in [5, 5.41) is 21.7. The number of hydrogen-bond acceptors (Lipinski definition) is 12. The molecule has 0 saturated carbocycles. The first kappa shape index (κ1) is 68.5. The number of unbranched alkanes of at least 4 members (excludes halogenated alkanes) is 3. The van der Waals surface area contributed by atoms with Crippen molar-refractivity contribution in [1.82, 2.24) is 45.7 Å². The lowest BCUT2D eigenvalue weighted by molar-refractivity contribution is -0.142. The van der Waals surface area contributed by atoms with Gasteiger partial charge in [0.05, 0.1) is 40.2 Å². The van der Waals surface area contributed by atoms with E-state index in [1.165, 1.54) is 7.05 Å². The highest BCUT2D eigenvalue weighted by Crippen LogP contribution is 2.34. The van der Waals surface area contributed by atoms with Crippen molar-refractivity contribution in [2.45, 2.75) is 142 Å². The number of rotatable bonds is 34. The minimum atomic E-state index is -1.22. The molecule has 3 amide bonds. The fourth-order valence-corrected chi connectivity index (χ4v) is 12.1. The molecule has 0 bridgehead atoms. The number of nitrogens with zero attached hydrogens (tertiary/aromatic N) is 4. The van der Waals surface area contributed by atoms with Crippen molar-refractivity contribution in [3.8, 4) is 22.4 Å². The molecule has 0 spiro atoms. The van der Waals surface area contributed by atoms with Crippen LogP contribution in [-0.2, 0) is 52.9 Å². The van der Waals surface area contributed by atoms with Gasteiger partial charge in [-0.1, -0.05) is 137 Å². The van der Waals surface area contributed by atoms with Crippen molar-refractivity contribution in [2.24, 2.45) is 28.5 Å². The fourth-order valence-electron chi connectivity index (χ4n) is 12.1. The number of nitrogens with one attached hydrogen (secondary N) is 6. The Bertz CT molecular complexity index is 3830. The molecule has 0 radical (unpaired) electrons. The molecule has 92 heavy (non-hydrogen) atoms. The van der Waals surface area contributed by atoms with Gasteiger partial charge >= 0.3 is 11.7 Å². The van der Waals surface area contributed by atoms with Crippen LogP contribution in [0.1, 0.15) is 127 Å². The van der Waals surface area contributed by atoms with Crippen LogP contribution in [0.15, 0.2) is 136 Å². The molecule has 0 aliphatic carbocycles. The van der Waals surface area contributed by atoms with Crippen molar-refractivity contribution in [1.29, 1.82) is 0 Å². The Morgan fingerprint density at radius 1 is 0.739 bits per heavy atom. The number of aromatic nitrogens is 4. The Labute approximate surface area is 535 Å². The highest BCUT2D eigenvalue weighted by molar-refractivity contribution is 5.96. The largest absolute Gasteiger partial charge is 0.480 e. The molecule has 1 aliphatic heterocycles. The van der Waals surface area contributed by atoms with Gasteiger partial charge in [-0.15, -0.1) is 0 Å². The Kier molecular flexibility index (Phi) is 25.0. The maximum atomic E-state index is 14.2. The smallest absolute Gasteiger partial charge is 0.326 e. The van der Waals surface area contributed by atoms with E-state index in [2.05, 4.69) is 72.3 Å². The summed E-state index contributed by atoms with van der Waals surface area (Å²) in [7, 11) is 1.53. The van der Waals surface area contributed by atoms with Crippen LogP contribution >= 0.6 is 0 Å². The summed E-state index contributed by atoms with van der Waals surface area (Å²) in [5.74, 6) is -5.85. The van der Waals surface area contributed by atoms with Crippen LogP contribution in [0.4, 0.5) is 0 Å². The van der Waals surface area contributed by atoms with Gasteiger partial charge in [-0.3, -0.25) is 48.0 Å². The summed E-state index contributed by atoms with van der Waals surface area (Å²) >= 11 is 0. The second kappa shape index (κ2) is 33.6. The molecule has 21 heteroatoms. The number of likely N-dealkylation sites (tertiary alicyclic amines) is 1. The molecule has 1 saturated heterocycles. The number of carbonyl (C=O) groups is 7. The Balaban J connectivity index is 0.821. The first-order chi connectivity index (χ1) is 44.4. The third kappa shape index (κ3) is 19.3. The fraction of sp³-hybridized carbons (Fsp3) is 0.423. The lowest BCUT2D eigenvalue weighted by Crippen LogP contribution is -2.49. The van der Waals surface area contributed by atoms with Gasteiger partial charge < -0.3 is 42.1 Å². The van der Waals surface area contributed by atoms with E-state index in [4.69, 9.17) is 10.7 Å². The molecule has 486 valence electrons. The maximum Gasteiger partial charge on any atom is 0.326 e. The number of carbonyl (C=O) groups excluding carboxylic acids is 6. The van der Waals surface area contributed by atoms with E-state index in [1.54, 1.807) is 61.0 Å². The predicted molar refractivity (Wildman–Crippen MR) is 357 cm³/mol. The number of pyridine rings is 2. The van der Waals surface area contributed by atoms with Crippen LogP contribution in [0.3, 0.4) is 0 Å². The summed E-state index contributed by atoms with van der Waals surface area (Å²) in [6.45, 7) is 7.78. The molecule has 7 aromatic rings. The van der Waals surface area contributed by atoms with Crippen molar-refractivity contribution >= 4 is 68.9 Å². The van der Waals surface area contributed by atoms with Gasteiger partial charge in [-0.05, 0) is 84.5 Å². The number of benzene rings is 4. The second-order valence-corrected chi connectivity index (χ2v) is 24.5. The number of nitrogens with two attached hydrogens (primary N) is 1. The molecule has 8 rings (SSSR count). The number of aliphatic imine (C=N–C) groups is 1. The zero-order chi connectivity index (χ0) is 65.7. The Morgan fingerprint density at radius 3 is 2.12 bits per heavy atom. The van der Waals surface area contributed by atoms with Gasteiger partial charge in [0.15, 0.2) is 17.5 Å².